The molecule has 0 fully saturated rings. The van der Waals surface area contributed by atoms with Crippen LogP contribution in [-0.2, 0) is 9.59 Å². The van der Waals surface area contributed by atoms with Gasteiger partial charge in [-0.1, -0.05) is 59.6 Å². The molecule has 5 aromatic rings. The number of thiazole rings is 1. The van der Waals surface area contributed by atoms with Crippen molar-refractivity contribution in [3.63, 3.8) is 0 Å². The minimum absolute atomic E-state index is 0.0131. The Labute approximate surface area is 270 Å². The van der Waals surface area contributed by atoms with Crippen LogP contribution in [0.25, 0.3) is 16.6 Å². The summed E-state index contributed by atoms with van der Waals surface area (Å²) in [6, 6.07) is 24.4. The summed E-state index contributed by atoms with van der Waals surface area (Å²) in [5.41, 5.74) is 2.19. The number of aromatic nitrogens is 1. The van der Waals surface area contributed by atoms with Crippen molar-refractivity contribution in [2.24, 2.45) is 0 Å². The summed E-state index contributed by atoms with van der Waals surface area (Å²) in [6.07, 6.45) is 1.49. The molecule has 0 atom stereocenters. The highest BCUT2D eigenvalue weighted by molar-refractivity contribution is 8.00. The van der Waals surface area contributed by atoms with Crippen molar-refractivity contribution in [2.75, 3.05) is 16.4 Å². The van der Waals surface area contributed by atoms with Gasteiger partial charge in [0.15, 0.2) is 5.13 Å². The normalized spacial score (nSPS) is 11.2. The summed E-state index contributed by atoms with van der Waals surface area (Å²) < 4.78 is 0. The molecule has 0 aliphatic carbocycles. The van der Waals surface area contributed by atoms with Crippen LogP contribution in [0.2, 0.25) is 10.0 Å². The lowest BCUT2D eigenvalue weighted by molar-refractivity contribution is -0.114. The third-order valence-corrected chi connectivity index (χ3v) is 8.98. The lowest BCUT2D eigenvalue weighted by Gasteiger charge is -2.12. The SMILES string of the molecule is O=C(CSc1cccc(NC(=O)/C(=C\c2ccc(Cl)cc2Cl)NC(=O)c2ccccc2)c1)Nc1nc(-c2cccs2)cs1. The first-order chi connectivity index (χ1) is 20.8. The monoisotopic (exact) mass is 664 g/mol. The van der Waals surface area contributed by atoms with Crippen LogP contribution in [0.1, 0.15) is 15.9 Å². The maximum absolute atomic E-state index is 13.4. The Bertz CT molecular complexity index is 1790. The van der Waals surface area contributed by atoms with Gasteiger partial charge in [-0.2, -0.15) is 0 Å². The van der Waals surface area contributed by atoms with Gasteiger partial charge in [0.25, 0.3) is 11.8 Å². The largest absolute Gasteiger partial charge is 0.321 e. The van der Waals surface area contributed by atoms with Crippen molar-refractivity contribution >= 4 is 92.3 Å². The number of nitrogens with zero attached hydrogens (tertiary/aromatic N) is 1. The van der Waals surface area contributed by atoms with Crippen molar-refractivity contribution in [3.8, 4) is 10.6 Å². The Morgan fingerprint density at radius 1 is 0.884 bits per heavy atom. The molecule has 3 N–H and O–H groups in total. The van der Waals surface area contributed by atoms with Crippen molar-refractivity contribution in [2.45, 2.75) is 4.90 Å². The average molecular weight is 666 g/mol. The quantitative estimate of drug-likeness (QED) is 0.103. The predicted octanol–water partition coefficient (Wildman–Crippen LogP) is 8.32. The Balaban J connectivity index is 1.25. The molecule has 2 heterocycles. The number of nitrogens with one attached hydrogen (secondary N) is 3. The number of amides is 3. The van der Waals surface area contributed by atoms with Crippen molar-refractivity contribution < 1.29 is 14.4 Å². The summed E-state index contributed by atoms with van der Waals surface area (Å²) in [5.74, 6) is -1.05. The number of anilines is 2. The smallest absolute Gasteiger partial charge is 0.272 e. The summed E-state index contributed by atoms with van der Waals surface area (Å²) in [4.78, 5) is 45.2. The Hall–Kier alpha value is -3.93. The summed E-state index contributed by atoms with van der Waals surface area (Å²) in [7, 11) is 0. The molecule has 12 heteroatoms. The van der Waals surface area contributed by atoms with E-state index in [-0.39, 0.29) is 17.4 Å². The highest BCUT2D eigenvalue weighted by Gasteiger charge is 2.16. The van der Waals surface area contributed by atoms with Gasteiger partial charge >= 0.3 is 0 Å². The number of hydrogen-bond donors (Lipinski definition) is 3. The van der Waals surface area contributed by atoms with E-state index >= 15 is 0 Å². The highest BCUT2D eigenvalue weighted by Crippen LogP contribution is 2.29. The third-order valence-electron chi connectivity index (χ3n) is 5.78. The highest BCUT2D eigenvalue weighted by atomic mass is 35.5. The van der Waals surface area contributed by atoms with Crippen molar-refractivity contribution in [1.29, 1.82) is 0 Å². The fraction of sp³-hybridized carbons (Fsp3) is 0.0323. The number of thioether (sulfide) groups is 1. The molecular formula is C31H22Cl2N4O3S3. The Morgan fingerprint density at radius 2 is 1.72 bits per heavy atom. The predicted molar refractivity (Wildman–Crippen MR) is 178 cm³/mol. The number of hydrogen-bond acceptors (Lipinski definition) is 7. The number of thiophene rings is 1. The number of carbonyl (C=O) groups excluding carboxylic acids is 3. The van der Waals surface area contributed by atoms with Crippen LogP contribution in [0.4, 0.5) is 10.8 Å². The molecule has 0 aliphatic rings. The van der Waals surface area contributed by atoms with Crippen LogP contribution >= 0.6 is 57.6 Å². The van der Waals surface area contributed by atoms with E-state index in [0.29, 0.717) is 32.0 Å². The second kappa shape index (κ2) is 14.5. The minimum Gasteiger partial charge on any atom is -0.321 e. The second-order valence-electron chi connectivity index (χ2n) is 8.88. The fourth-order valence-electron chi connectivity index (χ4n) is 3.75. The molecule has 216 valence electrons. The van der Waals surface area contributed by atoms with Gasteiger partial charge in [-0.25, -0.2) is 4.98 Å². The Morgan fingerprint density at radius 3 is 2.49 bits per heavy atom. The molecule has 0 saturated carbocycles. The average Bonchev–Trinajstić information content (AvgIpc) is 3.70. The van der Waals surface area contributed by atoms with Crippen molar-refractivity contribution in [1.82, 2.24) is 10.3 Å². The van der Waals surface area contributed by atoms with Crippen LogP contribution in [0.15, 0.2) is 106 Å². The molecule has 0 saturated heterocycles. The third kappa shape index (κ3) is 8.56. The lowest BCUT2D eigenvalue weighted by atomic mass is 10.1. The van der Waals surface area contributed by atoms with E-state index in [1.54, 1.807) is 78.1 Å². The molecule has 2 aromatic heterocycles. The van der Waals surface area contributed by atoms with Gasteiger partial charge in [-0.05, 0) is 65.6 Å². The van der Waals surface area contributed by atoms with Crippen LogP contribution in [0, 0.1) is 0 Å². The number of carbonyl (C=O) groups is 3. The zero-order valence-electron chi connectivity index (χ0n) is 22.2. The van der Waals surface area contributed by atoms with Crippen LogP contribution in [0.5, 0.6) is 0 Å². The van der Waals surface area contributed by atoms with Gasteiger partial charge in [-0.3, -0.25) is 14.4 Å². The minimum atomic E-state index is -0.555. The van der Waals surface area contributed by atoms with E-state index in [2.05, 4.69) is 20.9 Å². The maximum Gasteiger partial charge on any atom is 0.272 e. The molecule has 3 amide bonds. The van der Waals surface area contributed by atoms with Gasteiger partial charge in [0, 0.05) is 31.6 Å². The lowest BCUT2D eigenvalue weighted by Crippen LogP contribution is -2.30. The zero-order valence-corrected chi connectivity index (χ0v) is 26.1. The first-order valence-electron chi connectivity index (χ1n) is 12.7. The molecule has 0 aliphatic heterocycles. The molecular weight excluding hydrogens is 643 g/mol. The molecule has 0 unspecified atom stereocenters. The number of halogens is 2. The summed E-state index contributed by atoms with van der Waals surface area (Å²) in [5, 5.41) is 13.5. The molecule has 0 radical (unpaired) electrons. The van der Waals surface area contributed by atoms with Crippen LogP contribution in [0.3, 0.4) is 0 Å². The van der Waals surface area contributed by atoms with Gasteiger partial charge in [0.05, 0.1) is 16.3 Å². The summed E-state index contributed by atoms with van der Waals surface area (Å²) >= 11 is 16.6. The molecule has 43 heavy (non-hydrogen) atoms. The first kappa shape index (κ1) is 30.5. The van der Waals surface area contributed by atoms with E-state index in [1.165, 1.54) is 29.2 Å². The molecule has 3 aromatic carbocycles. The van der Waals surface area contributed by atoms with Crippen molar-refractivity contribution in [3.05, 3.63) is 123 Å². The number of benzene rings is 3. The van der Waals surface area contributed by atoms with Gasteiger partial charge in [0.2, 0.25) is 5.91 Å². The maximum atomic E-state index is 13.4. The van der Waals surface area contributed by atoms with E-state index in [9.17, 15) is 14.4 Å². The standard InChI is InChI=1S/C31H22Cl2N4O3S3/c32-21-12-11-20(24(33)15-21)14-25(35-29(39)19-6-2-1-3-7-19)30(40)34-22-8-4-9-23(16-22)42-18-28(38)37-31-36-26(17-43-31)27-10-5-13-41-27/h1-17H,18H2,(H,34,40)(H,35,39)(H,36,37,38)/b25-14+. The van der Waals surface area contributed by atoms with Crippen LogP contribution in [-0.4, -0.2) is 28.5 Å². The topological polar surface area (TPSA) is 100 Å². The van der Waals surface area contributed by atoms with E-state index in [0.717, 1.165) is 15.5 Å². The van der Waals surface area contributed by atoms with Crippen LogP contribution < -0.4 is 16.0 Å². The first-order valence-corrected chi connectivity index (χ1v) is 16.2. The van der Waals surface area contributed by atoms with Gasteiger partial charge < -0.3 is 16.0 Å². The molecule has 5 rings (SSSR count). The van der Waals surface area contributed by atoms with Gasteiger partial charge in [-0.15, -0.1) is 34.4 Å². The molecule has 7 nitrogen and oxygen atoms in total. The Kier molecular flexibility index (Phi) is 10.3. The molecule has 0 spiro atoms. The number of rotatable bonds is 10. The van der Waals surface area contributed by atoms with E-state index in [1.807, 2.05) is 29.0 Å². The molecule has 0 bridgehead atoms. The zero-order chi connectivity index (χ0) is 30.2. The van der Waals surface area contributed by atoms with Gasteiger partial charge in [0.1, 0.15) is 5.70 Å². The second-order valence-corrected chi connectivity index (χ2v) is 12.6. The van der Waals surface area contributed by atoms with E-state index < -0.39 is 11.8 Å². The fourth-order valence-corrected chi connectivity index (χ4v) is 6.46. The summed E-state index contributed by atoms with van der Waals surface area (Å²) in [6.45, 7) is 0. The van der Waals surface area contributed by atoms with E-state index in [4.69, 9.17) is 23.2 Å².